The van der Waals surface area contributed by atoms with Crippen molar-refractivity contribution in [3.63, 3.8) is 0 Å². The lowest BCUT2D eigenvalue weighted by atomic mass is 9.59. The van der Waals surface area contributed by atoms with Gasteiger partial charge in [0.25, 0.3) is 5.91 Å². The Labute approximate surface area is 188 Å². The van der Waals surface area contributed by atoms with Crippen LogP contribution in [0.5, 0.6) is 0 Å². The van der Waals surface area contributed by atoms with Crippen LogP contribution in [0.15, 0.2) is 84.6 Å². The van der Waals surface area contributed by atoms with Crippen molar-refractivity contribution in [3.05, 3.63) is 112 Å². The van der Waals surface area contributed by atoms with Crippen molar-refractivity contribution < 1.29 is 9.59 Å². The van der Waals surface area contributed by atoms with Gasteiger partial charge in [-0.3, -0.25) is 9.59 Å². The molecule has 1 unspecified atom stereocenters. The molecule has 3 aromatic rings. The third-order valence-electron chi connectivity index (χ3n) is 6.61. The zero-order valence-electron chi connectivity index (χ0n) is 18.0. The Morgan fingerprint density at radius 2 is 1.41 bits per heavy atom. The number of hydrogen-bond donors (Lipinski definition) is 2. The number of carbonyl (C=O) groups excluding carboxylic acids is 2. The Bertz CT molecular complexity index is 1150. The largest absolute Gasteiger partial charge is 0.350 e. The van der Waals surface area contributed by atoms with Gasteiger partial charge < -0.3 is 10.6 Å². The summed E-state index contributed by atoms with van der Waals surface area (Å²) in [5, 5.41) is 5.79. The van der Waals surface area contributed by atoms with E-state index in [2.05, 4.69) is 59.2 Å². The van der Waals surface area contributed by atoms with Crippen molar-refractivity contribution >= 4 is 17.9 Å². The highest BCUT2D eigenvalue weighted by atomic mass is 16.2. The van der Waals surface area contributed by atoms with E-state index in [1.54, 1.807) is 6.08 Å². The maximum absolute atomic E-state index is 13.0. The highest BCUT2D eigenvalue weighted by Gasteiger charge is 2.42. The molecule has 32 heavy (non-hydrogen) atoms. The first kappa shape index (κ1) is 20.3. The maximum Gasteiger partial charge on any atom is 0.267 e. The smallest absolute Gasteiger partial charge is 0.267 e. The second kappa shape index (κ2) is 8.46. The Hall–Kier alpha value is -3.66. The van der Waals surface area contributed by atoms with Crippen LogP contribution < -0.4 is 10.6 Å². The molecule has 2 bridgehead atoms. The van der Waals surface area contributed by atoms with Gasteiger partial charge in [-0.1, -0.05) is 78.9 Å². The third kappa shape index (κ3) is 3.73. The third-order valence-corrected chi connectivity index (χ3v) is 6.61. The molecule has 0 aliphatic heterocycles. The van der Waals surface area contributed by atoms with Crippen molar-refractivity contribution in [2.45, 2.75) is 25.2 Å². The molecule has 0 fully saturated rings. The number of carbonyl (C=O) groups is 2. The Morgan fingerprint density at radius 3 is 2.00 bits per heavy atom. The molecule has 0 radical (unpaired) electrons. The normalized spacial score (nSPS) is 20.8. The number of fused-ring (bicyclic) bond motifs is 1. The van der Waals surface area contributed by atoms with E-state index in [9.17, 15) is 9.59 Å². The molecule has 6 rings (SSSR count). The Morgan fingerprint density at radius 1 is 0.844 bits per heavy atom. The molecule has 0 heterocycles. The highest BCUT2D eigenvalue weighted by molar-refractivity contribution is 6.00. The Kier molecular flexibility index (Phi) is 5.36. The maximum atomic E-state index is 13.0. The van der Waals surface area contributed by atoms with E-state index in [0.717, 1.165) is 12.0 Å². The van der Waals surface area contributed by atoms with Crippen LogP contribution in [0.3, 0.4) is 0 Å². The van der Waals surface area contributed by atoms with Gasteiger partial charge in [0.2, 0.25) is 5.91 Å². The number of benzene rings is 3. The van der Waals surface area contributed by atoms with Gasteiger partial charge in [0.05, 0.1) is 0 Å². The molecular weight excluding hydrogens is 396 g/mol. The molecule has 0 spiro atoms. The van der Waals surface area contributed by atoms with Crippen molar-refractivity contribution in [1.29, 1.82) is 0 Å². The number of nitrogens with one attached hydrogen (secondary N) is 2. The standard InChI is InChI=1S/C28H26N2O2/c1-18(31)30-26(15-19-9-3-2-4-10-19)28(32)29-17-20-16-25-21-11-5-7-13-23(21)27(20)24-14-8-6-12-22(24)25/h2-15,20,25,27H,16-17H2,1H3,(H,29,32)(H,30,31)/b26-15-. The van der Waals surface area contributed by atoms with Crippen molar-refractivity contribution in [2.75, 3.05) is 6.54 Å². The van der Waals surface area contributed by atoms with E-state index >= 15 is 0 Å². The van der Waals surface area contributed by atoms with Crippen LogP contribution in [0.25, 0.3) is 6.08 Å². The quantitative estimate of drug-likeness (QED) is 0.592. The summed E-state index contributed by atoms with van der Waals surface area (Å²) in [6.45, 7) is 1.98. The van der Waals surface area contributed by atoms with E-state index in [0.29, 0.717) is 18.4 Å². The molecule has 0 saturated heterocycles. The summed E-state index contributed by atoms with van der Waals surface area (Å²) in [4.78, 5) is 24.7. The van der Waals surface area contributed by atoms with Crippen LogP contribution in [0, 0.1) is 5.92 Å². The first-order valence-corrected chi connectivity index (χ1v) is 11.1. The second-order valence-electron chi connectivity index (χ2n) is 8.64. The molecule has 0 saturated carbocycles. The van der Waals surface area contributed by atoms with Gasteiger partial charge >= 0.3 is 0 Å². The van der Waals surface area contributed by atoms with Gasteiger partial charge in [-0.2, -0.15) is 0 Å². The molecular formula is C28H26N2O2. The summed E-state index contributed by atoms with van der Waals surface area (Å²) < 4.78 is 0. The first-order valence-electron chi connectivity index (χ1n) is 11.1. The van der Waals surface area contributed by atoms with Crippen molar-refractivity contribution in [3.8, 4) is 0 Å². The molecule has 4 nitrogen and oxygen atoms in total. The van der Waals surface area contributed by atoms with Crippen molar-refractivity contribution in [2.24, 2.45) is 5.92 Å². The summed E-state index contributed by atoms with van der Waals surface area (Å²) in [7, 11) is 0. The van der Waals surface area contributed by atoms with Gasteiger partial charge in [0, 0.05) is 25.3 Å². The van der Waals surface area contributed by atoms with Gasteiger partial charge in [-0.25, -0.2) is 0 Å². The van der Waals surface area contributed by atoms with E-state index in [1.165, 1.54) is 29.2 Å². The molecule has 160 valence electrons. The molecule has 3 aliphatic carbocycles. The van der Waals surface area contributed by atoms with Crippen LogP contribution in [-0.2, 0) is 9.59 Å². The summed E-state index contributed by atoms with van der Waals surface area (Å²) >= 11 is 0. The molecule has 3 aromatic carbocycles. The summed E-state index contributed by atoms with van der Waals surface area (Å²) in [6.07, 6.45) is 2.73. The average Bonchev–Trinajstić information content (AvgIpc) is 2.82. The lowest BCUT2D eigenvalue weighted by Crippen LogP contribution is -2.41. The fraction of sp³-hybridized carbons (Fsp3) is 0.214. The molecule has 2 amide bonds. The van der Waals surface area contributed by atoms with Crippen LogP contribution in [0.1, 0.15) is 53.0 Å². The lowest BCUT2D eigenvalue weighted by molar-refractivity contribution is -0.122. The van der Waals surface area contributed by atoms with Crippen LogP contribution in [0.2, 0.25) is 0 Å². The zero-order chi connectivity index (χ0) is 22.1. The van der Waals surface area contributed by atoms with E-state index < -0.39 is 0 Å². The summed E-state index contributed by atoms with van der Waals surface area (Å²) in [5.41, 5.74) is 6.73. The van der Waals surface area contributed by atoms with E-state index in [1.807, 2.05) is 30.3 Å². The molecule has 3 aliphatic rings. The fourth-order valence-electron chi connectivity index (χ4n) is 5.34. The predicted molar refractivity (Wildman–Crippen MR) is 126 cm³/mol. The van der Waals surface area contributed by atoms with Gasteiger partial charge in [0.15, 0.2) is 0 Å². The van der Waals surface area contributed by atoms with E-state index in [4.69, 9.17) is 0 Å². The highest BCUT2D eigenvalue weighted by Crippen LogP contribution is 2.55. The van der Waals surface area contributed by atoms with Gasteiger partial charge in [0.1, 0.15) is 5.70 Å². The minimum Gasteiger partial charge on any atom is -0.350 e. The summed E-state index contributed by atoms with van der Waals surface area (Å²) in [6, 6.07) is 26.9. The number of amides is 2. The fourth-order valence-corrected chi connectivity index (χ4v) is 5.34. The van der Waals surface area contributed by atoms with Crippen LogP contribution in [-0.4, -0.2) is 18.4 Å². The minimum atomic E-state index is -0.262. The van der Waals surface area contributed by atoms with E-state index in [-0.39, 0.29) is 23.4 Å². The topological polar surface area (TPSA) is 58.2 Å². The lowest BCUT2D eigenvalue weighted by Gasteiger charge is -2.45. The van der Waals surface area contributed by atoms with Crippen molar-refractivity contribution in [1.82, 2.24) is 10.6 Å². The van der Waals surface area contributed by atoms with Gasteiger partial charge in [-0.05, 0) is 46.2 Å². The summed E-state index contributed by atoms with van der Waals surface area (Å²) in [5.74, 6) is 0.428. The molecule has 2 N–H and O–H groups in total. The monoisotopic (exact) mass is 422 g/mol. The van der Waals surface area contributed by atoms with Crippen LogP contribution in [0.4, 0.5) is 0 Å². The molecule has 4 heteroatoms. The number of hydrogen-bond acceptors (Lipinski definition) is 2. The SMILES string of the molecule is CC(=O)N/C(=C\c1ccccc1)C(=O)NCC1CC2c3ccccc3C1c1ccccc12. The van der Waals surface area contributed by atoms with Gasteiger partial charge in [-0.15, -0.1) is 0 Å². The second-order valence-corrected chi connectivity index (χ2v) is 8.64. The zero-order valence-corrected chi connectivity index (χ0v) is 18.0. The minimum absolute atomic E-state index is 0.257. The molecule has 0 aromatic heterocycles. The number of rotatable bonds is 5. The Balaban J connectivity index is 1.38. The average molecular weight is 423 g/mol. The predicted octanol–water partition coefficient (Wildman–Crippen LogP) is 4.58. The first-order chi connectivity index (χ1) is 15.6. The van der Waals surface area contributed by atoms with Crippen LogP contribution >= 0.6 is 0 Å². The molecule has 1 atom stereocenters.